The standard InChI is InChI=1S/C17H23ClNO5/c1-21-14-10-12-6-9-19(24-4,8-5-7-18)17(20)16(23-3)13(12)11-15(14)22-2/h6,9-11,16H,5,7-8H2,1-4H3/q+1. The Bertz CT molecular complexity index is 634. The van der Waals surface area contributed by atoms with E-state index in [0.29, 0.717) is 35.9 Å². The lowest BCUT2D eigenvalue weighted by Gasteiger charge is -2.29. The molecule has 0 aliphatic carbocycles. The van der Waals surface area contributed by atoms with Gasteiger partial charge in [0, 0.05) is 31.1 Å². The van der Waals surface area contributed by atoms with Gasteiger partial charge in [-0.15, -0.1) is 11.6 Å². The number of amides is 1. The van der Waals surface area contributed by atoms with Crippen LogP contribution in [0, 0.1) is 0 Å². The van der Waals surface area contributed by atoms with E-state index in [1.54, 1.807) is 26.5 Å². The van der Waals surface area contributed by atoms with Crippen LogP contribution in [0.2, 0.25) is 0 Å². The van der Waals surface area contributed by atoms with Crippen LogP contribution in [-0.4, -0.2) is 51.4 Å². The monoisotopic (exact) mass is 356 g/mol. The number of ether oxygens (including phenoxy) is 3. The van der Waals surface area contributed by atoms with Gasteiger partial charge >= 0.3 is 5.91 Å². The number of hydrogen-bond donors (Lipinski definition) is 0. The number of benzene rings is 1. The number of quaternary nitrogens is 1. The van der Waals surface area contributed by atoms with Crippen LogP contribution in [0.3, 0.4) is 0 Å². The molecule has 24 heavy (non-hydrogen) atoms. The molecule has 1 aromatic rings. The fraction of sp³-hybridized carbons (Fsp3) is 0.471. The molecule has 1 heterocycles. The van der Waals surface area contributed by atoms with Crippen molar-refractivity contribution < 1.29 is 28.5 Å². The zero-order valence-electron chi connectivity index (χ0n) is 14.4. The summed E-state index contributed by atoms with van der Waals surface area (Å²) in [6, 6.07) is 3.59. The predicted octanol–water partition coefficient (Wildman–Crippen LogP) is 2.91. The molecule has 0 saturated carbocycles. The van der Waals surface area contributed by atoms with Gasteiger partial charge in [0.05, 0.1) is 21.3 Å². The second kappa shape index (κ2) is 7.98. The smallest absolute Gasteiger partial charge is 0.384 e. The van der Waals surface area contributed by atoms with E-state index in [-0.39, 0.29) is 10.6 Å². The largest absolute Gasteiger partial charge is 0.493 e. The van der Waals surface area contributed by atoms with Crippen molar-refractivity contribution in [3.8, 4) is 11.5 Å². The summed E-state index contributed by atoms with van der Waals surface area (Å²) < 4.78 is 15.9. The molecule has 1 amide bonds. The average Bonchev–Trinajstić information content (AvgIpc) is 2.73. The molecule has 132 valence electrons. The molecule has 2 unspecified atom stereocenters. The van der Waals surface area contributed by atoms with Crippen molar-refractivity contribution in [1.29, 1.82) is 0 Å². The van der Waals surface area contributed by atoms with Crippen molar-refractivity contribution in [2.45, 2.75) is 12.5 Å². The minimum absolute atomic E-state index is 0.215. The van der Waals surface area contributed by atoms with Gasteiger partial charge in [0.15, 0.2) is 11.5 Å². The third-order valence-corrected chi connectivity index (χ3v) is 4.42. The van der Waals surface area contributed by atoms with Crippen LogP contribution < -0.4 is 9.47 Å². The first-order chi connectivity index (χ1) is 11.6. The fourth-order valence-corrected chi connectivity index (χ4v) is 2.96. The topological polar surface area (TPSA) is 54.0 Å². The third kappa shape index (κ3) is 3.28. The van der Waals surface area contributed by atoms with Gasteiger partial charge in [-0.05, 0) is 17.7 Å². The molecule has 2 atom stereocenters. The minimum atomic E-state index is -0.787. The summed E-state index contributed by atoms with van der Waals surface area (Å²) >= 11 is 5.80. The predicted molar refractivity (Wildman–Crippen MR) is 90.8 cm³/mol. The van der Waals surface area contributed by atoms with Crippen LogP contribution in [0.5, 0.6) is 11.5 Å². The number of alkyl halides is 1. The minimum Gasteiger partial charge on any atom is -0.493 e. The summed E-state index contributed by atoms with van der Waals surface area (Å²) in [5.41, 5.74) is 1.52. The molecule has 1 aromatic carbocycles. The lowest BCUT2D eigenvalue weighted by atomic mass is 10.0. The van der Waals surface area contributed by atoms with Crippen LogP contribution in [0.15, 0.2) is 18.3 Å². The molecule has 7 heteroatoms. The highest BCUT2D eigenvalue weighted by molar-refractivity contribution is 6.17. The maximum Gasteiger partial charge on any atom is 0.384 e. The number of hydrogen-bond acceptors (Lipinski definition) is 5. The Kier molecular flexibility index (Phi) is 6.23. The second-order valence-electron chi connectivity index (χ2n) is 5.35. The molecule has 0 saturated heterocycles. The quantitative estimate of drug-likeness (QED) is 0.555. The normalized spacial score (nSPS) is 22.9. The lowest BCUT2D eigenvalue weighted by molar-refractivity contribution is -0.999. The molecule has 0 bridgehead atoms. The van der Waals surface area contributed by atoms with Crippen LogP contribution in [0.4, 0.5) is 0 Å². The van der Waals surface area contributed by atoms with Gasteiger partial charge in [-0.25, -0.2) is 4.79 Å². The van der Waals surface area contributed by atoms with Crippen molar-refractivity contribution in [3.05, 3.63) is 29.5 Å². The Morgan fingerprint density at radius 3 is 2.33 bits per heavy atom. The molecule has 0 N–H and O–H groups in total. The van der Waals surface area contributed by atoms with E-state index >= 15 is 0 Å². The SMILES string of the molecule is COc1cc2c(cc1OC)C(OC)C(=O)[N+](CCCCl)(OC)C=C2. The molecule has 0 spiro atoms. The van der Waals surface area contributed by atoms with E-state index in [4.69, 9.17) is 30.6 Å². The van der Waals surface area contributed by atoms with Crippen molar-refractivity contribution in [2.24, 2.45) is 0 Å². The first-order valence-electron chi connectivity index (χ1n) is 7.58. The van der Waals surface area contributed by atoms with E-state index < -0.39 is 6.10 Å². The van der Waals surface area contributed by atoms with Crippen LogP contribution in [-0.2, 0) is 14.4 Å². The fourth-order valence-electron chi connectivity index (χ4n) is 2.84. The van der Waals surface area contributed by atoms with E-state index in [9.17, 15) is 4.79 Å². The van der Waals surface area contributed by atoms with Gasteiger partial charge in [0.2, 0.25) is 6.10 Å². The average molecular weight is 357 g/mol. The number of rotatable bonds is 7. The lowest BCUT2D eigenvalue weighted by Crippen LogP contribution is -2.50. The number of carbonyl (C=O) groups excluding carboxylic acids is 1. The number of hydroxylamine groups is 3. The number of methoxy groups -OCH3 is 3. The van der Waals surface area contributed by atoms with Crippen molar-refractivity contribution in [3.63, 3.8) is 0 Å². The Morgan fingerprint density at radius 1 is 1.12 bits per heavy atom. The van der Waals surface area contributed by atoms with Crippen molar-refractivity contribution in [2.75, 3.05) is 40.9 Å². The molecule has 6 nitrogen and oxygen atoms in total. The Labute approximate surface area is 147 Å². The summed E-state index contributed by atoms with van der Waals surface area (Å²) in [6.07, 6.45) is 3.40. The van der Waals surface area contributed by atoms with Gasteiger partial charge in [-0.1, -0.05) is 4.65 Å². The summed E-state index contributed by atoms with van der Waals surface area (Å²) in [5, 5.41) is 0. The van der Waals surface area contributed by atoms with Crippen LogP contribution in [0.25, 0.3) is 6.08 Å². The van der Waals surface area contributed by atoms with E-state index in [0.717, 1.165) is 5.56 Å². The third-order valence-electron chi connectivity index (χ3n) is 4.15. The molecule has 0 aromatic heterocycles. The van der Waals surface area contributed by atoms with Gasteiger partial charge < -0.3 is 14.2 Å². The number of fused-ring (bicyclic) bond motifs is 1. The van der Waals surface area contributed by atoms with Gasteiger partial charge in [-0.2, -0.15) is 4.84 Å². The first kappa shape index (κ1) is 18.7. The Balaban J connectivity index is 2.58. The summed E-state index contributed by atoms with van der Waals surface area (Å²) in [6.45, 7) is 0.428. The van der Waals surface area contributed by atoms with E-state index in [1.165, 1.54) is 14.2 Å². The number of carbonyl (C=O) groups is 1. The maximum absolute atomic E-state index is 13.1. The summed E-state index contributed by atoms with van der Waals surface area (Å²) in [7, 11) is 6.12. The second-order valence-corrected chi connectivity index (χ2v) is 5.73. The summed E-state index contributed by atoms with van der Waals surface area (Å²) in [5.74, 6) is 1.35. The molecular formula is C17H23ClNO5+. The van der Waals surface area contributed by atoms with E-state index in [1.807, 2.05) is 12.1 Å². The van der Waals surface area contributed by atoms with Crippen LogP contribution >= 0.6 is 11.6 Å². The molecule has 1 aliphatic rings. The van der Waals surface area contributed by atoms with E-state index in [2.05, 4.69) is 0 Å². The van der Waals surface area contributed by atoms with Crippen molar-refractivity contribution in [1.82, 2.24) is 0 Å². The molecule has 1 aliphatic heterocycles. The molecule has 2 rings (SSSR count). The zero-order valence-corrected chi connectivity index (χ0v) is 15.1. The van der Waals surface area contributed by atoms with Gasteiger partial charge in [0.25, 0.3) is 0 Å². The molecule has 0 radical (unpaired) electrons. The molecular weight excluding hydrogens is 334 g/mol. The number of nitrogens with zero attached hydrogens (tertiary/aromatic N) is 1. The highest BCUT2D eigenvalue weighted by atomic mass is 35.5. The number of halogens is 1. The van der Waals surface area contributed by atoms with Crippen LogP contribution in [0.1, 0.15) is 23.7 Å². The van der Waals surface area contributed by atoms with Gasteiger partial charge in [0.1, 0.15) is 12.7 Å². The molecule has 0 fully saturated rings. The maximum atomic E-state index is 13.1. The highest BCUT2D eigenvalue weighted by Gasteiger charge is 2.45. The van der Waals surface area contributed by atoms with Gasteiger partial charge in [-0.3, -0.25) is 0 Å². The Hall–Kier alpha value is -1.60. The van der Waals surface area contributed by atoms with Crippen molar-refractivity contribution >= 4 is 23.6 Å². The summed E-state index contributed by atoms with van der Waals surface area (Å²) in [4.78, 5) is 18.7. The Morgan fingerprint density at radius 2 is 1.79 bits per heavy atom. The first-order valence-corrected chi connectivity index (χ1v) is 8.12. The zero-order chi connectivity index (χ0) is 17.7. The highest BCUT2D eigenvalue weighted by Crippen LogP contribution is 2.38.